The zero-order valence-corrected chi connectivity index (χ0v) is 23.9. The molecule has 0 aromatic heterocycles. The molecule has 8 nitrogen and oxygen atoms in total. The molecule has 2 aliphatic carbocycles. The summed E-state index contributed by atoms with van der Waals surface area (Å²) in [5, 5.41) is 14.8. The van der Waals surface area contributed by atoms with Gasteiger partial charge in [-0.25, -0.2) is 4.79 Å². The highest BCUT2D eigenvalue weighted by molar-refractivity contribution is 5.79. The highest BCUT2D eigenvalue weighted by atomic mass is 16.7. The van der Waals surface area contributed by atoms with Gasteiger partial charge < -0.3 is 10.1 Å². The number of hydrogen-bond acceptors (Lipinski definition) is 8. The molecular formula is C31H51N5O3. The Morgan fingerprint density at radius 2 is 1.56 bits per heavy atom. The molecule has 39 heavy (non-hydrogen) atoms. The van der Waals surface area contributed by atoms with Gasteiger partial charge in [0.05, 0.1) is 13.3 Å². The number of benzene rings is 1. The lowest BCUT2D eigenvalue weighted by Crippen LogP contribution is -2.62. The Labute approximate surface area is 235 Å². The highest BCUT2D eigenvalue weighted by Gasteiger charge is 2.54. The monoisotopic (exact) mass is 541 g/mol. The van der Waals surface area contributed by atoms with Gasteiger partial charge in [-0.15, -0.1) is 0 Å². The first-order chi connectivity index (χ1) is 19.2. The highest BCUT2D eigenvalue weighted by Crippen LogP contribution is 2.37. The number of methoxy groups -OCH3 is 1. The van der Waals surface area contributed by atoms with Gasteiger partial charge in [-0.05, 0) is 42.7 Å². The molecule has 1 aromatic rings. The van der Waals surface area contributed by atoms with Crippen LogP contribution >= 0.6 is 0 Å². The number of ether oxygens (including phenoxy) is 1. The summed E-state index contributed by atoms with van der Waals surface area (Å²) in [5.41, 5.74) is 4.27. The number of hydroxylamine groups is 1. The van der Waals surface area contributed by atoms with E-state index in [1.807, 2.05) is 0 Å². The fourth-order valence-electron chi connectivity index (χ4n) is 7.21. The van der Waals surface area contributed by atoms with Crippen LogP contribution in [0.5, 0.6) is 0 Å². The van der Waals surface area contributed by atoms with Gasteiger partial charge in [0.1, 0.15) is 6.17 Å². The van der Waals surface area contributed by atoms with E-state index in [0.717, 1.165) is 56.8 Å². The van der Waals surface area contributed by atoms with Crippen molar-refractivity contribution in [3.63, 3.8) is 0 Å². The van der Waals surface area contributed by atoms with Crippen LogP contribution in [0.25, 0.3) is 0 Å². The summed E-state index contributed by atoms with van der Waals surface area (Å²) in [4.78, 5) is 18.9. The van der Waals surface area contributed by atoms with Crippen LogP contribution < -0.4 is 26.7 Å². The quantitative estimate of drug-likeness (QED) is 0.257. The molecule has 2 heterocycles. The van der Waals surface area contributed by atoms with E-state index in [0.29, 0.717) is 6.04 Å². The number of carbonyl (C=O) groups excluding carboxylic acids is 1. The summed E-state index contributed by atoms with van der Waals surface area (Å²) in [7, 11) is 1.44. The number of esters is 1. The molecule has 1 aromatic carbocycles. The topological polar surface area (TPSA) is 95.7 Å². The van der Waals surface area contributed by atoms with Gasteiger partial charge >= 0.3 is 5.97 Å². The van der Waals surface area contributed by atoms with Gasteiger partial charge in [-0.2, -0.15) is 5.48 Å². The van der Waals surface area contributed by atoms with Crippen LogP contribution in [-0.2, 0) is 20.9 Å². The molecule has 5 N–H and O–H groups in total. The first-order valence-electron chi connectivity index (χ1n) is 15.8. The smallest absolute Gasteiger partial charge is 0.355 e. The van der Waals surface area contributed by atoms with Crippen LogP contribution in [0.1, 0.15) is 107 Å². The minimum Gasteiger partial charge on any atom is -0.466 e. The third-order valence-electron chi connectivity index (χ3n) is 9.58. The number of piperazine rings is 1. The second-order valence-corrected chi connectivity index (χ2v) is 12.3. The Morgan fingerprint density at radius 3 is 2.23 bits per heavy atom. The Kier molecular flexibility index (Phi) is 10.7. The molecule has 4 aliphatic rings. The van der Waals surface area contributed by atoms with E-state index >= 15 is 0 Å². The molecular weight excluding hydrogens is 490 g/mol. The molecule has 0 radical (unpaired) electrons. The third kappa shape index (κ3) is 7.40. The molecule has 8 heteroatoms. The molecule has 0 bridgehead atoms. The van der Waals surface area contributed by atoms with Crippen molar-refractivity contribution in [2.75, 3.05) is 20.2 Å². The van der Waals surface area contributed by atoms with Gasteiger partial charge in [0.15, 0.2) is 0 Å². The Hall–Kier alpha value is -1.55. The first kappa shape index (κ1) is 29.0. The van der Waals surface area contributed by atoms with Crippen LogP contribution in [0.15, 0.2) is 24.3 Å². The molecule has 4 fully saturated rings. The van der Waals surface area contributed by atoms with E-state index in [9.17, 15) is 4.79 Å². The molecule has 2 aliphatic heterocycles. The van der Waals surface area contributed by atoms with Crippen molar-refractivity contribution in [3.8, 4) is 0 Å². The minimum absolute atomic E-state index is 0.0979. The predicted molar refractivity (Wildman–Crippen MR) is 153 cm³/mol. The van der Waals surface area contributed by atoms with E-state index in [1.54, 1.807) is 0 Å². The maximum Gasteiger partial charge on any atom is 0.355 e. The van der Waals surface area contributed by atoms with Crippen molar-refractivity contribution < 1.29 is 14.4 Å². The molecule has 2 saturated carbocycles. The Morgan fingerprint density at radius 1 is 0.923 bits per heavy atom. The van der Waals surface area contributed by atoms with Gasteiger partial charge in [-0.3, -0.25) is 20.8 Å². The summed E-state index contributed by atoms with van der Waals surface area (Å²) in [5.74, 6) is 0.538. The molecule has 0 amide bonds. The molecule has 0 spiro atoms. The lowest BCUT2D eigenvalue weighted by molar-refractivity contribution is -0.183. The Balaban J connectivity index is 1.14. The van der Waals surface area contributed by atoms with E-state index in [2.05, 4.69) is 51.0 Å². The summed E-state index contributed by atoms with van der Waals surface area (Å²) in [6.45, 7) is 2.84. The van der Waals surface area contributed by atoms with Crippen LogP contribution in [-0.4, -0.2) is 44.1 Å². The van der Waals surface area contributed by atoms with Crippen molar-refractivity contribution in [3.05, 3.63) is 35.4 Å². The van der Waals surface area contributed by atoms with E-state index < -0.39 is 5.72 Å². The lowest BCUT2D eigenvalue weighted by Gasteiger charge is -2.37. The molecule has 4 atom stereocenters. The maximum absolute atomic E-state index is 12.9. The van der Waals surface area contributed by atoms with E-state index in [-0.39, 0.29) is 24.2 Å². The zero-order valence-electron chi connectivity index (χ0n) is 23.9. The van der Waals surface area contributed by atoms with Gasteiger partial charge in [0.25, 0.3) is 0 Å². The molecule has 5 rings (SSSR count). The second kappa shape index (κ2) is 14.4. The first-order valence-corrected chi connectivity index (χ1v) is 15.8. The molecule has 218 valence electrons. The Bertz CT molecular complexity index is 881. The largest absolute Gasteiger partial charge is 0.466 e. The fraction of sp³-hybridized carbons (Fsp3) is 0.774. The molecule has 4 unspecified atom stereocenters. The fourth-order valence-corrected chi connectivity index (χ4v) is 7.21. The predicted octanol–water partition coefficient (Wildman–Crippen LogP) is 4.38. The van der Waals surface area contributed by atoms with Gasteiger partial charge in [0, 0.05) is 31.6 Å². The van der Waals surface area contributed by atoms with Crippen molar-refractivity contribution in [1.82, 2.24) is 26.7 Å². The van der Waals surface area contributed by atoms with Crippen molar-refractivity contribution >= 4 is 5.97 Å². The van der Waals surface area contributed by atoms with E-state index in [4.69, 9.17) is 9.57 Å². The normalized spacial score (nSPS) is 32.1. The average Bonchev–Trinajstić information content (AvgIpc) is 3.33. The summed E-state index contributed by atoms with van der Waals surface area (Å²) < 4.78 is 5.20. The minimum atomic E-state index is -1.13. The summed E-state index contributed by atoms with van der Waals surface area (Å²) in [6, 6.07) is 9.14. The van der Waals surface area contributed by atoms with E-state index in [1.165, 1.54) is 76.9 Å². The average molecular weight is 542 g/mol. The number of rotatable bonds is 7. The van der Waals surface area contributed by atoms with Crippen molar-refractivity contribution in [1.29, 1.82) is 0 Å². The summed E-state index contributed by atoms with van der Waals surface area (Å²) >= 11 is 0. The van der Waals surface area contributed by atoms with Crippen LogP contribution in [0.4, 0.5) is 0 Å². The SMILES string of the molecule is COC(=O)C1(C2CCCCCC2)NC(c2ccc(CNC3CNCC(C4CCCCCCCC4)N3)cc2)NO1. The standard InChI is InChI=1S/C31H51N5O3/c1-38-30(37)31(26-14-10-6-7-11-15-26)35-29(36-39-31)25-18-16-23(17-19-25)20-33-28-22-32-21-27(34-28)24-12-8-4-2-3-5-9-13-24/h16-19,24,26-29,32-36H,2-15,20-22H2,1H3. The number of hydrogen-bond donors (Lipinski definition) is 5. The zero-order chi connectivity index (χ0) is 26.9. The lowest BCUT2D eigenvalue weighted by atomic mass is 9.88. The second-order valence-electron chi connectivity index (χ2n) is 12.3. The maximum atomic E-state index is 12.9. The van der Waals surface area contributed by atoms with Gasteiger partial charge in [-0.1, -0.05) is 88.5 Å². The number of carbonyl (C=O) groups is 1. The van der Waals surface area contributed by atoms with Crippen molar-refractivity contribution in [2.45, 2.75) is 121 Å². The van der Waals surface area contributed by atoms with Crippen LogP contribution in [0.2, 0.25) is 0 Å². The van der Waals surface area contributed by atoms with Crippen LogP contribution in [0.3, 0.4) is 0 Å². The van der Waals surface area contributed by atoms with Crippen LogP contribution in [0, 0.1) is 11.8 Å². The van der Waals surface area contributed by atoms with Crippen molar-refractivity contribution in [2.24, 2.45) is 11.8 Å². The third-order valence-corrected chi connectivity index (χ3v) is 9.58. The molecule has 2 saturated heterocycles. The van der Waals surface area contributed by atoms with Gasteiger partial charge in [0.2, 0.25) is 5.72 Å². The number of nitrogens with one attached hydrogen (secondary N) is 5. The summed E-state index contributed by atoms with van der Waals surface area (Å²) in [6.07, 6.45) is 17.7.